The van der Waals surface area contributed by atoms with Gasteiger partial charge in [0.25, 0.3) is 0 Å². The minimum atomic E-state index is 0.198. The summed E-state index contributed by atoms with van der Waals surface area (Å²) in [4.78, 5) is 4.49. The van der Waals surface area contributed by atoms with E-state index in [1.165, 1.54) is 5.56 Å². The van der Waals surface area contributed by atoms with Crippen molar-refractivity contribution in [3.63, 3.8) is 0 Å². The number of imidazole rings is 1. The van der Waals surface area contributed by atoms with E-state index in [1.54, 1.807) is 7.11 Å². The second-order valence-corrected chi connectivity index (χ2v) is 4.82. The summed E-state index contributed by atoms with van der Waals surface area (Å²) in [6, 6.07) is 8.34. The van der Waals surface area contributed by atoms with E-state index >= 15 is 0 Å². The van der Waals surface area contributed by atoms with Gasteiger partial charge in [0.05, 0.1) is 7.11 Å². The van der Waals surface area contributed by atoms with Crippen LogP contribution in [0, 0.1) is 0 Å². The van der Waals surface area contributed by atoms with Crippen LogP contribution < -0.4 is 10.1 Å². The number of aromatic nitrogens is 2. The monoisotopic (exact) mass is 273 g/mol. The maximum Gasteiger partial charge on any atom is 0.123 e. The fraction of sp³-hybridized carbons (Fsp3) is 0.438. The lowest BCUT2D eigenvalue weighted by atomic mass is 10.0. The Morgan fingerprint density at radius 1 is 1.35 bits per heavy atom. The van der Waals surface area contributed by atoms with Gasteiger partial charge in [0.15, 0.2) is 0 Å². The summed E-state index contributed by atoms with van der Waals surface area (Å²) in [6.07, 6.45) is 5.89. The number of hydrogen-bond donors (Lipinski definition) is 1. The fourth-order valence-corrected chi connectivity index (χ4v) is 2.48. The Morgan fingerprint density at radius 2 is 2.15 bits per heavy atom. The normalized spacial score (nSPS) is 12.3. The van der Waals surface area contributed by atoms with Crippen molar-refractivity contribution in [3.8, 4) is 5.75 Å². The van der Waals surface area contributed by atoms with Crippen molar-refractivity contribution in [2.75, 3.05) is 14.2 Å². The molecule has 0 bridgehead atoms. The molecule has 1 heterocycles. The molecule has 1 aromatic heterocycles. The lowest BCUT2D eigenvalue weighted by Gasteiger charge is -2.19. The molecule has 1 unspecified atom stereocenters. The first-order valence-electron chi connectivity index (χ1n) is 7.10. The molecule has 0 radical (unpaired) electrons. The van der Waals surface area contributed by atoms with Gasteiger partial charge in [-0.15, -0.1) is 0 Å². The van der Waals surface area contributed by atoms with E-state index in [0.29, 0.717) is 0 Å². The van der Waals surface area contributed by atoms with Crippen LogP contribution in [0.25, 0.3) is 0 Å². The number of methoxy groups -OCH3 is 1. The molecule has 1 atom stereocenters. The van der Waals surface area contributed by atoms with Crippen molar-refractivity contribution in [2.45, 2.75) is 32.4 Å². The molecular formula is C16H23N3O. The molecule has 0 saturated carbocycles. The molecule has 2 rings (SSSR count). The van der Waals surface area contributed by atoms with Gasteiger partial charge in [0.1, 0.15) is 11.6 Å². The first kappa shape index (κ1) is 14.6. The van der Waals surface area contributed by atoms with E-state index in [1.807, 2.05) is 37.6 Å². The molecule has 4 nitrogen and oxygen atoms in total. The Morgan fingerprint density at radius 3 is 2.85 bits per heavy atom. The third-order valence-electron chi connectivity index (χ3n) is 3.52. The molecule has 0 aliphatic heterocycles. The number of nitrogens with one attached hydrogen (secondary N) is 1. The summed E-state index contributed by atoms with van der Waals surface area (Å²) in [5.74, 6) is 2.03. The lowest BCUT2D eigenvalue weighted by molar-refractivity contribution is 0.400. The molecule has 4 heteroatoms. The van der Waals surface area contributed by atoms with E-state index in [-0.39, 0.29) is 6.04 Å². The highest BCUT2D eigenvalue weighted by atomic mass is 16.5. The highest BCUT2D eigenvalue weighted by Crippen LogP contribution is 2.26. The smallest absolute Gasteiger partial charge is 0.123 e. The number of rotatable bonds is 7. The summed E-state index contributed by atoms with van der Waals surface area (Å²) < 4.78 is 7.68. The highest BCUT2D eigenvalue weighted by molar-refractivity contribution is 5.36. The van der Waals surface area contributed by atoms with Crippen molar-refractivity contribution >= 4 is 0 Å². The third-order valence-corrected chi connectivity index (χ3v) is 3.52. The zero-order valence-electron chi connectivity index (χ0n) is 12.5. The standard InChI is InChI=1S/C16H23N3O/c1-4-10-19-11-9-18-16(19)12-14(17-2)13-7-5-6-8-15(13)20-3/h5-9,11,14,17H,4,10,12H2,1-3H3. The molecule has 2 aromatic rings. The van der Waals surface area contributed by atoms with Crippen LogP contribution in [0.2, 0.25) is 0 Å². The molecule has 0 spiro atoms. The molecule has 0 amide bonds. The minimum absolute atomic E-state index is 0.198. The molecule has 108 valence electrons. The van der Waals surface area contributed by atoms with Gasteiger partial charge in [-0.05, 0) is 19.5 Å². The highest BCUT2D eigenvalue weighted by Gasteiger charge is 2.16. The average molecular weight is 273 g/mol. The maximum atomic E-state index is 5.46. The summed E-state index contributed by atoms with van der Waals surface area (Å²) >= 11 is 0. The second kappa shape index (κ2) is 7.10. The maximum absolute atomic E-state index is 5.46. The Balaban J connectivity index is 2.22. The molecule has 1 aromatic carbocycles. The van der Waals surface area contributed by atoms with E-state index in [9.17, 15) is 0 Å². The number of nitrogens with zero attached hydrogens (tertiary/aromatic N) is 2. The zero-order valence-corrected chi connectivity index (χ0v) is 12.5. The quantitative estimate of drug-likeness (QED) is 0.843. The van der Waals surface area contributed by atoms with Crippen molar-refractivity contribution in [1.29, 1.82) is 0 Å². The van der Waals surface area contributed by atoms with E-state index in [4.69, 9.17) is 4.74 Å². The Labute approximate surface area is 120 Å². The Bertz CT molecular complexity index is 536. The number of aryl methyl sites for hydroxylation is 1. The Hall–Kier alpha value is -1.81. The lowest BCUT2D eigenvalue weighted by Crippen LogP contribution is -2.21. The summed E-state index contributed by atoms with van der Waals surface area (Å²) in [5.41, 5.74) is 1.17. The first-order chi connectivity index (χ1) is 9.80. The predicted molar refractivity (Wildman–Crippen MR) is 81.0 cm³/mol. The zero-order chi connectivity index (χ0) is 14.4. The van der Waals surface area contributed by atoms with Gasteiger partial charge < -0.3 is 14.6 Å². The van der Waals surface area contributed by atoms with Crippen LogP contribution in [0.3, 0.4) is 0 Å². The van der Waals surface area contributed by atoms with Crippen LogP contribution in [-0.2, 0) is 13.0 Å². The number of likely N-dealkylation sites (N-methyl/N-ethyl adjacent to an activating group) is 1. The average Bonchev–Trinajstić information content (AvgIpc) is 2.92. The summed E-state index contributed by atoms with van der Waals surface area (Å²) in [5, 5.41) is 3.37. The summed E-state index contributed by atoms with van der Waals surface area (Å²) in [6.45, 7) is 3.19. The largest absolute Gasteiger partial charge is 0.496 e. The van der Waals surface area contributed by atoms with Gasteiger partial charge >= 0.3 is 0 Å². The van der Waals surface area contributed by atoms with Crippen LogP contribution in [0.5, 0.6) is 5.75 Å². The van der Waals surface area contributed by atoms with Crippen LogP contribution in [0.1, 0.15) is 30.8 Å². The summed E-state index contributed by atoms with van der Waals surface area (Å²) in [7, 11) is 3.69. The number of hydrogen-bond acceptors (Lipinski definition) is 3. The van der Waals surface area contributed by atoms with Gasteiger partial charge in [-0.1, -0.05) is 25.1 Å². The SMILES string of the molecule is CCCn1ccnc1CC(NC)c1ccccc1OC. The topological polar surface area (TPSA) is 39.1 Å². The van der Waals surface area contributed by atoms with Crippen molar-refractivity contribution in [2.24, 2.45) is 0 Å². The predicted octanol–water partition coefficient (Wildman–Crippen LogP) is 2.80. The van der Waals surface area contributed by atoms with E-state index in [0.717, 1.165) is 31.0 Å². The van der Waals surface area contributed by atoms with Gasteiger partial charge in [-0.3, -0.25) is 0 Å². The first-order valence-corrected chi connectivity index (χ1v) is 7.10. The fourth-order valence-electron chi connectivity index (χ4n) is 2.48. The van der Waals surface area contributed by atoms with E-state index in [2.05, 4.69) is 27.9 Å². The third kappa shape index (κ3) is 3.20. The van der Waals surface area contributed by atoms with Crippen LogP contribution in [-0.4, -0.2) is 23.7 Å². The number of ether oxygens (including phenoxy) is 1. The van der Waals surface area contributed by atoms with Gasteiger partial charge in [-0.25, -0.2) is 4.98 Å². The molecule has 0 aliphatic carbocycles. The van der Waals surface area contributed by atoms with Crippen molar-refractivity contribution < 1.29 is 4.74 Å². The van der Waals surface area contributed by atoms with Gasteiger partial charge in [-0.2, -0.15) is 0 Å². The molecule has 1 N–H and O–H groups in total. The van der Waals surface area contributed by atoms with Crippen molar-refractivity contribution in [3.05, 3.63) is 48.0 Å². The molecule has 0 saturated heterocycles. The molecule has 0 fully saturated rings. The Kier molecular flexibility index (Phi) is 5.18. The van der Waals surface area contributed by atoms with Crippen LogP contribution >= 0.6 is 0 Å². The minimum Gasteiger partial charge on any atom is -0.496 e. The van der Waals surface area contributed by atoms with Crippen molar-refractivity contribution in [1.82, 2.24) is 14.9 Å². The van der Waals surface area contributed by atoms with E-state index < -0.39 is 0 Å². The number of benzene rings is 1. The van der Waals surface area contributed by atoms with Gasteiger partial charge in [0.2, 0.25) is 0 Å². The molecule has 0 aliphatic rings. The second-order valence-electron chi connectivity index (χ2n) is 4.82. The molecule has 20 heavy (non-hydrogen) atoms. The number of para-hydroxylation sites is 1. The van der Waals surface area contributed by atoms with Gasteiger partial charge in [0, 0.05) is 37.0 Å². The molecular weight excluding hydrogens is 250 g/mol. The van der Waals surface area contributed by atoms with Crippen LogP contribution in [0.15, 0.2) is 36.7 Å². The van der Waals surface area contributed by atoms with Crippen LogP contribution in [0.4, 0.5) is 0 Å².